The zero-order valence-electron chi connectivity index (χ0n) is 11.9. The summed E-state index contributed by atoms with van der Waals surface area (Å²) >= 11 is 0. The molecule has 0 aliphatic heterocycles. The van der Waals surface area contributed by atoms with Gasteiger partial charge in [-0.25, -0.2) is 9.59 Å². The van der Waals surface area contributed by atoms with Crippen LogP contribution in [0.15, 0.2) is 48.5 Å². The highest BCUT2D eigenvalue weighted by Crippen LogP contribution is 2.18. The third-order valence-corrected chi connectivity index (χ3v) is 2.52. The molecule has 0 fully saturated rings. The molecule has 0 bridgehead atoms. The van der Waals surface area contributed by atoms with Crippen LogP contribution >= 0.6 is 0 Å². The first-order chi connectivity index (χ1) is 11.0. The van der Waals surface area contributed by atoms with Gasteiger partial charge in [0.1, 0.15) is 23.0 Å². The maximum Gasteiger partial charge on any atom is 0.413 e. The predicted octanol–water partition coefficient (Wildman–Crippen LogP) is 1.93. The fourth-order valence-electron chi connectivity index (χ4n) is 1.57. The third-order valence-electron chi connectivity index (χ3n) is 2.52. The molecule has 0 atom stereocenters. The summed E-state index contributed by atoms with van der Waals surface area (Å²) in [5.74, 6) is 0.237. The second-order valence-corrected chi connectivity index (χ2v) is 4.30. The van der Waals surface area contributed by atoms with E-state index in [1.54, 1.807) is 0 Å². The van der Waals surface area contributed by atoms with Crippen molar-refractivity contribution >= 4 is 12.2 Å². The molecule has 120 valence electrons. The van der Waals surface area contributed by atoms with Crippen molar-refractivity contribution in [3.05, 3.63) is 48.5 Å². The van der Waals surface area contributed by atoms with Crippen molar-refractivity contribution in [3.8, 4) is 23.0 Å². The number of hydrogen-bond donors (Lipinski definition) is 4. The number of phenols is 2. The van der Waals surface area contributed by atoms with Gasteiger partial charge in [0.05, 0.1) is 6.67 Å². The van der Waals surface area contributed by atoms with Gasteiger partial charge in [-0.15, -0.1) is 0 Å². The molecule has 2 aromatic rings. The highest BCUT2D eigenvalue weighted by molar-refractivity contribution is 5.73. The highest BCUT2D eigenvalue weighted by atomic mass is 16.6. The summed E-state index contributed by atoms with van der Waals surface area (Å²) in [5, 5.41) is 23.0. The van der Waals surface area contributed by atoms with E-state index in [1.807, 2.05) is 0 Å². The lowest BCUT2D eigenvalue weighted by Crippen LogP contribution is -2.39. The summed E-state index contributed by atoms with van der Waals surface area (Å²) in [6.45, 7) is -0.227. The van der Waals surface area contributed by atoms with Crippen molar-refractivity contribution in [3.63, 3.8) is 0 Å². The topological polar surface area (TPSA) is 117 Å². The Labute approximate surface area is 131 Å². The second-order valence-electron chi connectivity index (χ2n) is 4.30. The summed E-state index contributed by atoms with van der Waals surface area (Å²) in [7, 11) is 0. The van der Waals surface area contributed by atoms with E-state index >= 15 is 0 Å². The number of amides is 2. The number of ether oxygens (including phenoxy) is 2. The number of hydrogen-bond acceptors (Lipinski definition) is 6. The number of rotatable bonds is 4. The normalized spacial score (nSPS) is 9.74. The molecule has 23 heavy (non-hydrogen) atoms. The van der Waals surface area contributed by atoms with Crippen molar-refractivity contribution in [2.75, 3.05) is 6.67 Å². The van der Waals surface area contributed by atoms with Crippen molar-refractivity contribution in [2.24, 2.45) is 0 Å². The maximum absolute atomic E-state index is 11.5. The van der Waals surface area contributed by atoms with E-state index in [9.17, 15) is 19.8 Å². The Bertz CT molecular complexity index is 644. The van der Waals surface area contributed by atoms with Crippen molar-refractivity contribution < 1.29 is 29.3 Å². The van der Waals surface area contributed by atoms with Gasteiger partial charge in [0, 0.05) is 12.1 Å². The minimum Gasteiger partial charge on any atom is -0.508 e. The van der Waals surface area contributed by atoms with E-state index in [4.69, 9.17) is 9.47 Å². The summed E-state index contributed by atoms with van der Waals surface area (Å²) in [4.78, 5) is 22.9. The Kier molecular flexibility index (Phi) is 5.24. The molecule has 0 heterocycles. The SMILES string of the molecule is O=C(NCNC(=O)Oc1cccc(O)c1)Oc1cccc(O)c1. The van der Waals surface area contributed by atoms with Crippen LogP contribution in [0.25, 0.3) is 0 Å². The first kappa shape index (κ1) is 16.0. The Morgan fingerprint density at radius 2 is 1.26 bits per heavy atom. The first-order valence-electron chi connectivity index (χ1n) is 6.52. The molecular formula is C15H14N2O6. The van der Waals surface area contributed by atoms with Gasteiger partial charge in [0.25, 0.3) is 0 Å². The van der Waals surface area contributed by atoms with Gasteiger partial charge in [0.2, 0.25) is 0 Å². The molecule has 8 nitrogen and oxygen atoms in total. The van der Waals surface area contributed by atoms with E-state index in [0.29, 0.717) is 0 Å². The molecule has 0 aliphatic rings. The van der Waals surface area contributed by atoms with E-state index in [1.165, 1.54) is 48.5 Å². The Balaban J connectivity index is 1.71. The quantitative estimate of drug-likeness (QED) is 0.640. The lowest BCUT2D eigenvalue weighted by atomic mass is 10.3. The molecule has 0 spiro atoms. The van der Waals surface area contributed by atoms with Crippen LogP contribution in [0.4, 0.5) is 9.59 Å². The van der Waals surface area contributed by atoms with E-state index in [-0.39, 0.29) is 29.7 Å². The van der Waals surface area contributed by atoms with Crippen LogP contribution in [-0.2, 0) is 0 Å². The van der Waals surface area contributed by atoms with Crippen LogP contribution in [0.3, 0.4) is 0 Å². The van der Waals surface area contributed by atoms with Crippen LogP contribution in [0.2, 0.25) is 0 Å². The number of aromatic hydroxyl groups is 2. The summed E-state index contributed by atoms with van der Waals surface area (Å²) in [6, 6.07) is 11.4. The predicted molar refractivity (Wildman–Crippen MR) is 79.4 cm³/mol. The number of nitrogens with one attached hydrogen (secondary N) is 2. The summed E-state index contributed by atoms with van der Waals surface area (Å²) < 4.78 is 9.75. The minimum absolute atomic E-state index is 0.0388. The molecule has 2 rings (SSSR count). The lowest BCUT2D eigenvalue weighted by Gasteiger charge is -2.09. The average molecular weight is 318 g/mol. The van der Waals surface area contributed by atoms with Crippen LogP contribution < -0.4 is 20.1 Å². The molecular weight excluding hydrogens is 304 g/mol. The average Bonchev–Trinajstić information content (AvgIpc) is 2.47. The van der Waals surface area contributed by atoms with Crippen LogP contribution in [0.1, 0.15) is 0 Å². The van der Waals surface area contributed by atoms with Crippen molar-refractivity contribution in [1.29, 1.82) is 0 Å². The summed E-state index contributed by atoms with van der Waals surface area (Å²) in [6.07, 6.45) is -1.62. The smallest absolute Gasteiger partial charge is 0.413 e. The van der Waals surface area contributed by atoms with Gasteiger partial charge in [0.15, 0.2) is 0 Å². The Hall–Kier alpha value is -3.42. The standard InChI is InChI=1S/C15H14N2O6/c18-10-3-1-5-12(7-10)22-14(20)16-9-17-15(21)23-13-6-2-4-11(19)8-13/h1-8,18-19H,9H2,(H,16,20)(H,17,21). The van der Waals surface area contributed by atoms with Crippen LogP contribution in [0.5, 0.6) is 23.0 Å². The molecule has 0 saturated carbocycles. The van der Waals surface area contributed by atoms with Crippen LogP contribution in [-0.4, -0.2) is 29.1 Å². The van der Waals surface area contributed by atoms with Crippen molar-refractivity contribution in [2.45, 2.75) is 0 Å². The molecule has 2 aromatic carbocycles. The highest BCUT2D eigenvalue weighted by Gasteiger charge is 2.07. The number of phenolic OH excluding ortho intramolecular Hbond substituents is 2. The second kappa shape index (κ2) is 7.55. The minimum atomic E-state index is -0.812. The number of carbonyl (C=O) groups excluding carboxylic acids is 2. The summed E-state index contributed by atoms with van der Waals surface area (Å²) in [5.41, 5.74) is 0. The van der Waals surface area contributed by atoms with Gasteiger partial charge >= 0.3 is 12.2 Å². The van der Waals surface area contributed by atoms with E-state index in [2.05, 4.69) is 10.6 Å². The van der Waals surface area contributed by atoms with Gasteiger partial charge in [-0.2, -0.15) is 0 Å². The molecule has 2 amide bonds. The zero-order valence-corrected chi connectivity index (χ0v) is 11.9. The Morgan fingerprint density at radius 1 is 0.826 bits per heavy atom. The fourth-order valence-corrected chi connectivity index (χ4v) is 1.57. The van der Waals surface area contributed by atoms with E-state index in [0.717, 1.165) is 0 Å². The van der Waals surface area contributed by atoms with Crippen LogP contribution in [0, 0.1) is 0 Å². The molecule has 4 N–H and O–H groups in total. The third kappa shape index (κ3) is 5.46. The largest absolute Gasteiger partial charge is 0.508 e. The van der Waals surface area contributed by atoms with Gasteiger partial charge in [-0.3, -0.25) is 0 Å². The van der Waals surface area contributed by atoms with Gasteiger partial charge in [-0.05, 0) is 24.3 Å². The number of benzene rings is 2. The van der Waals surface area contributed by atoms with Gasteiger partial charge < -0.3 is 30.3 Å². The fraction of sp³-hybridized carbons (Fsp3) is 0.0667. The monoisotopic (exact) mass is 318 g/mol. The van der Waals surface area contributed by atoms with Gasteiger partial charge in [-0.1, -0.05) is 12.1 Å². The molecule has 0 aliphatic carbocycles. The Morgan fingerprint density at radius 3 is 1.65 bits per heavy atom. The van der Waals surface area contributed by atoms with E-state index < -0.39 is 12.2 Å². The number of carbonyl (C=O) groups is 2. The molecule has 0 aromatic heterocycles. The lowest BCUT2D eigenvalue weighted by molar-refractivity contribution is 0.192. The molecule has 0 unspecified atom stereocenters. The molecule has 0 radical (unpaired) electrons. The maximum atomic E-state index is 11.5. The zero-order chi connectivity index (χ0) is 16.7. The molecule has 0 saturated heterocycles. The first-order valence-corrected chi connectivity index (χ1v) is 6.52. The molecule has 8 heteroatoms. The van der Waals surface area contributed by atoms with Crippen molar-refractivity contribution in [1.82, 2.24) is 10.6 Å².